The fourth-order valence-corrected chi connectivity index (χ4v) is 2.98. The summed E-state index contributed by atoms with van der Waals surface area (Å²) in [6, 6.07) is 0. The van der Waals surface area contributed by atoms with Crippen LogP contribution in [-0.4, -0.2) is 55.2 Å². The number of nitrogens with zero attached hydrogens (tertiary/aromatic N) is 4. The standard InChI is InChI=1S/C8H16N6O2S2/c1-14(2)7-10-6(13-9)11-8(12-7)17-4-5-18(3,15)16/h4-5,9H2,1-3H3,(H,10,11,12,13). The van der Waals surface area contributed by atoms with Crippen LogP contribution < -0.4 is 16.2 Å². The first-order chi connectivity index (χ1) is 8.31. The smallest absolute Gasteiger partial charge is 0.242 e. The number of nitrogen functional groups attached to an aromatic ring is 1. The van der Waals surface area contributed by atoms with Gasteiger partial charge in [-0.1, -0.05) is 11.8 Å². The van der Waals surface area contributed by atoms with E-state index in [1.54, 1.807) is 19.0 Å². The summed E-state index contributed by atoms with van der Waals surface area (Å²) in [6.45, 7) is 0. The van der Waals surface area contributed by atoms with Gasteiger partial charge in [-0.2, -0.15) is 15.0 Å². The first-order valence-corrected chi connectivity index (χ1v) is 8.07. The predicted molar refractivity (Wildman–Crippen MR) is 72.4 cm³/mol. The lowest BCUT2D eigenvalue weighted by molar-refractivity contribution is 0.603. The summed E-state index contributed by atoms with van der Waals surface area (Å²) < 4.78 is 22.0. The highest BCUT2D eigenvalue weighted by Crippen LogP contribution is 2.17. The maximum absolute atomic E-state index is 11.0. The molecule has 1 aromatic heterocycles. The summed E-state index contributed by atoms with van der Waals surface area (Å²) in [4.78, 5) is 14.0. The summed E-state index contributed by atoms with van der Waals surface area (Å²) in [7, 11) is 0.605. The second-order valence-corrected chi connectivity index (χ2v) is 7.08. The van der Waals surface area contributed by atoms with E-state index in [-0.39, 0.29) is 11.7 Å². The Labute approximate surface area is 110 Å². The van der Waals surface area contributed by atoms with Gasteiger partial charge in [0.15, 0.2) is 5.16 Å². The number of sulfone groups is 1. The van der Waals surface area contributed by atoms with E-state index in [2.05, 4.69) is 20.4 Å². The van der Waals surface area contributed by atoms with Crippen molar-refractivity contribution in [2.45, 2.75) is 5.16 Å². The molecule has 0 radical (unpaired) electrons. The Hall–Kier alpha value is -1.13. The van der Waals surface area contributed by atoms with Crippen molar-refractivity contribution in [1.82, 2.24) is 15.0 Å². The highest BCUT2D eigenvalue weighted by molar-refractivity contribution is 8.00. The lowest BCUT2D eigenvalue weighted by Crippen LogP contribution is -2.18. The molecule has 10 heteroatoms. The number of hydrogen-bond donors (Lipinski definition) is 2. The topological polar surface area (TPSA) is 114 Å². The lowest BCUT2D eigenvalue weighted by Gasteiger charge is -2.11. The normalized spacial score (nSPS) is 11.3. The molecule has 0 amide bonds. The van der Waals surface area contributed by atoms with Crippen molar-refractivity contribution < 1.29 is 8.42 Å². The zero-order valence-electron chi connectivity index (χ0n) is 10.4. The minimum absolute atomic E-state index is 0.0754. The number of thioether (sulfide) groups is 1. The average molecular weight is 292 g/mol. The fourth-order valence-electron chi connectivity index (χ4n) is 0.959. The minimum atomic E-state index is -2.98. The second kappa shape index (κ2) is 6.16. The highest BCUT2D eigenvalue weighted by Gasteiger charge is 2.09. The molecule has 3 N–H and O–H groups in total. The molecule has 0 unspecified atom stereocenters. The third-order valence-corrected chi connectivity index (χ3v) is 3.87. The summed E-state index contributed by atoms with van der Waals surface area (Å²) >= 11 is 1.24. The zero-order chi connectivity index (χ0) is 13.8. The van der Waals surface area contributed by atoms with Crippen molar-refractivity contribution in [3.05, 3.63) is 0 Å². The maximum Gasteiger partial charge on any atom is 0.242 e. The summed E-state index contributed by atoms with van der Waals surface area (Å²) in [5.41, 5.74) is 2.35. The van der Waals surface area contributed by atoms with Gasteiger partial charge in [-0.3, -0.25) is 5.43 Å². The van der Waals surface area contributed by atoms with E-state index in [1.807, 2.05) is 0 Å². The molecule has 0 atom stereocenters. The SMILES string of the molecule is CN(C)c1nc(NN)nc(SCCS(C)(=O)=O)n1. The number of nitrogens with two attached hydrogens (primary N) is 1. The van der Waals surface area contributed by atoms with Crippen LogP contribution in [0.5, 0.6) is 0 Å². The third-order valence-electron chi connectivity index (χ3n) is 1.82. The molecule has 0 bridgehead atoms. The van der Waals surface area contributed by atoms with Crippen molar-refractivity contribution >= 4 is 33.5 Å². The molecule has 0 spiro atoms. The molecule has 1 rings (SSSR count). The molecule has 0 fully saturated rings. The Kier molecular flexibility index (Phi) is 5.11. The number of rotatable bonds is 6. The first kappa shape index (κ1) is 14.9. The molecule has 18 heavy (non-hydrogen) atoms. The Morgan fingerprint density at radius 3 is 2.50 bits per heavy atom. The van der Waals surface area contributed by atoms with Crippen LogP contribution in [0.25, 0.3) is 0 Å². The molecule has 102 valence electrons. The van der Waals surface area contributed by atoms with Crippen LogP contribution in [0, 0.1) is 0 Å². The van der Waals surface area contributed by atoms with Crippen LogP contribution >= 0.6 is 11.8 Å². The molecule has 8 nitrogen and oxygen atoms in total. The molecular formula is C8H16N6O2S2. The molecule has 0 aliphatic heterocycles. The predicted octanol–water partition coefficient (Wildman–Crippen LogP) is -0.640. The van der Waals surface area contributed by atoms with Gasteiger partial charge in [0, 0.05) is 26.1 Å². The molecule has 0 aliphatic rings. The summed E-state index contributed by atoms with van der Waals surface area (Å²) in [5.74, 6) is 6.43. The first-order valence-electron chi connectivity index (χ1n) is 5.02. The van der Waals surface area contributed by atoms with Gasteiger partial charge >= 0.3 is 0 Å². The number of hydrogen-bond acceptors (Lipinski definition) is 9. The van der Waals surface area contributed by atoms with E-state index in [4.69, 9.17) is 5.84 Å². The maximum atomic E-state index is 11.0. The van der Waals surface area contributed by atoms with Crippen LogP contribution in [0.3, 0.4) is 0 Å². The van der Waals surface area contributed by atoms with E-state index < -0.39 is 9.84 Å². The lowest BCUT2D eigenvalue weighted by atomic mass is 10.8. The van der Waals surface area contributed by atoms with Crippen molar-refractivity contribution in [1.29, 1.82) is 0 Å². The van der Waals surface area contributed by atoms with Gasteiger partial charge in [0.25, 0.3) is 0 Å². The van der Waals surface area contributed by atoms with Crippen LogP contribution in [0.2, 0.25) is 0 Å². The van der Waals surface area contributed by atoms with Gasteiger partial charge in [0.05, 0.1) is 5.75 Å². The van der Waals surface area contributed by atoms with Crippen molar-refractivity contribution in [2.75, 3.05) is 42.2 Å². The van der Waals surface area contributed by atoms with Crippen LogP contribution in [0.1, 0.15) is 0 Å². The Morgan fingerprint density at radius 1 is 1.33 bits per heavy atom. The van der Waals surface area contributed by atoms with Crippen LogP contribution in [0.15, 0.2) is 5.16 Å². The number of aromatic nitrogens is 3. The van der Waals surface area contributed by atoms with Gasteiger partial charge in [0.2, 0.25) is 11.9 Å². The molecule has 0 saturated heterocycles. The number of nitrogens with one attached hydrogen (secondary N) is 1. The quantitative estimate of drug-likeness (QED) is 0.401. The van der Waals surface area contributed by atoms with Gasteiger partial charge in [-0.25, -0.2) is 14.3 Å². The van der Waals surface area contributed by atoms with Crippen molar-refractivity contribution in [2.24, 2.45) is 5.84 Å². The largest absolute Gasteiger partial charge is 0.347 e. The van der Waals surface area contributed by atoms with Crippen LogP contribution in [-0.2, 0) is 9.84 Å². The number of anilines is 2. The van der Waals surface area contributed by atoms with E-state index in [0.29, 0.717) is 16.9 Å². The molecule has 1 aromatic rings. The van der Waals surface area contributed by atoms with Gasteiger partial charge < -0.3 is 4.90 Å². The van der Waals surface area contributed by atoms with E-state index in [0.717, 1.165) is 0 Å². The Balaban J connectivity index is 2.78. The van der Waals surface area contributed by atoms with E-state index in [1.165, 1.54) is 18.0 Å². The highest BCUT2D eigenvalue weighted by atomic mass is 32.2. The Bertz CT molecular complexity index is 504. The Morgan fingerprint density at radius 2 is 2.00 bits per heavy atom. The van der Waals surface area contributed by atoms with Gasteiger partial charge in [-0.05, 0) is 0 Å². The second-order valence-electron chi connectivity index (χ2n) is 3.76. The third kappa shape index (κ3) is 5.02. The van der Waals surface area contributed by atoms with Gasteiger partial charge in [0.1, 0.15) is 9.84 Å². The monoisotopic (exact) mass is 292 g/mol. The molecular weight excluding hydrogens is 276 g/mol. The summed E-state index contributed by atoms with van der Waals surface area (Å²) in [6.07, 6.45) is 1.19. The minimum Gasteiger partial charge on any atom is -0.347 e. The molecule has 0 aliphatic carbocycles. The van der Waals surface area contributed by atoms with Crippen molar-refractivity contribution in [3.8, 4) is 0 Å². The average Bonchev–Trinajstić information content (AvgIpc) is 2.26. The fraction of sp³-hybridized carbons (Fsp3) is 0.625. The van der Waals surface area contributed by atoms with Crippen LogP contribution in [0.4, 0.5) is 11.9 Å². The summed E-state index contributed by atoms with van der Waals surface area (Å²) in [5, 5.41) is 0.435. The molecule has 0 saturated carbocycles. The van der Waals surface area contributed by atoms with Gasteiger partial charge in [-0.15, -0.1) is 0 Å². The molecule has 1 heterocycles. The van der Waals surface area contributed by atoms with Crippen molar-refractivity contribution in [3.63, 3.8) is 0 Å². The van der Waals surface area contributed by atoms with E-state index in [9.17, 15) is 8.42 Å². The van der Waals surface area contributed by atoms with E-state index >= 15 is 0 Å². The number of hydrazine groups is 1. The molecule has 0 aromatic carbocycles. The zero-order valence-corrected chi connectivity index (χ0v) is 12.0.